The summed E-state index contributed by atoms with van der Waals surface area (Å²) in [6.45, 7) is 6.20. The zero-order valence-corrected chi connectivity index (χ0v) is 19.5. The van der Waals surface area contributed by atoms with E-state index in [0.717, 1.165) is 15.1 Å². The molecule has 0 saturated carbocycles. The number of rotatable bonds is 1. The van der Waals surface area contributed by atoms with Gasteiger partial charge in [-0.3, -0.25) is 0 Å². The molecule has 0 atom stereocenters. The average Bonchev–Trinajstić information content (AvgIpc) is 2.97. The van der Waals surface area contributed by atoms with Gasteiger partial charge in [-0.1, -0.05) is 49.0 Å². The van der Waals surface area contributed by atoms with Crippen molar-refractivity contribution in [3.63, 3.8) is 0 Å². The Morgan fingerprint density at radius 1 is 1.00 bits per heavy atom. The van der Waals surface area contributed by atoms with Gasteiger partial charge in [-0.25, -0.2) is 0 Å². The number of benzene rings is 2. The summed E-state index contributed by atoms with van der Waals surface area (Å²) in [5.41, 5.74) is 8.25. The molecule has 1 amide bonds. The SMILES string of the molecule is C[Si]C.Cc1cccc(C([NH-])=O)c1.[Cl-].[Cl-].[Zr+4].c1ccc2[cH-]ccc2c1. The third-order valence-corrected chi connectivity index (χ3v) is 2.83. The minimum absolute atomic E-state index is 0. The number of hydrogen-bond donors (Lipinski definition) is 0. The molecule has 0 aliphatic rings. The predicted octanol–water partition coefficient (Wildman–Crippen LogP) is -0.462. The molecule has 6 heteroatoms. The first-order chi connectivity index (χ1) is 10.6. The van der Waals surface area contributed by atoms with E-state index in [1.807, 2.05) is 13.0 Å². The van der Waals surface area contributed by atoms with Gasteiger partial charge in [-0.05, 0) is 12.5 Å². The first-order valence-corrected chi connectivity index (χ1v) is 9.10. The molecule has 0 bridgehead atoms. The van der Waals surface area contributed by atoms with Crippen LogP contribution in [0.1, 0.15) is 15.9 Å². The third kappa shape index (κ3) is 11.4. The molecule has 0 heterocycles. The summed E-state index contributed by atoms with van der Waals surface area (Å²) in [7, 11) is 1.08. The van der Waals surface area contributed by atoms with Crippen LogP contribution in [0.15, 0.2) is 66.7 Å². The second kappa shape index (κ2) is 16.7. The molecule has 0 aromatic heterocycles. The molecule has 0 unspecified atom stereocenters. The van der Waals surface area contributed by atoms with Crippen molar-refractivity contribution in [2.24, 2.45) is 0 Å². The molecular formula is C19H21Cl2NOSiZr. The number of aryl methyl sites for hydroxylation is 1. The van der Waals surface area contributed by atoms with Crippen molar-refractivity contribution in [2.45, 2.75) is 20.0 Å². The molecule has 0 aliphatic carbocycles. The Morgan fingerprint density at radius 2 is 1.60 bits per heavy atom. The minimum atomic E-state index is -0.622. The summed E-state index contributed by atoms with van der Waals surface area (Å²) in [6, 6.07) is 21.7. The Kier molecular flexibility index (Phi) is 19.3. The smallest absolute Gasteiger partial charge is 1.00 e. The molecule has 3 aromatic carbocycles. The number of carbonyl (C=O) groups excluding carboxylic acids is 1. The van der Waals surface area contributed by atoms with Gasteiger partial charge >= 0.3 is 26.2 Å². The minimum Gasteiger partial charge on any atom is -1.00 e. The van der Waals surface area contributed by atoms with Gasteiger partial charge in [0.1, 0.15) is 0 Å². The summed E-state index contributed by atoms with van der Waals surface area (Å²) in [5, 5.41) is 2.66. The van der Waals surface area contributed by atoms with Crippen LogP contribution in [0.3, 0.4) is 0 Å². The van der Waals surface area contributed by atoms with Gasteiger partial charge in [-0.2, -0.15) is 17.5 Å². The number of fused-ring (bicyclic) bond motifs is 1. The number of carbonyl (C=O) groups is 1. The maximum atomic E-state index is 10.5. The molecular weight excluding hydrogens is 448 g/mol. The molecule has 2 radical (unpaired) electrons. The van der Waals surface area contributed by atoms with Crippen molar-refractivity contribution in [3.8, 4) is 0 Å². The maximum Gasteiger partial charge on any atom is 4.00 e. The molecule has 3 rings (SSSR count). The van der Waals surface area contributed by atoms with Crippen LogP contribution in [0.5, 0.6) is 0 Å². The molecule has 0 spiro atoms. The normalized spacial score (nSPS) is 8.12. The predicted molar refractivity (Wildman–Crippen MR) is 96.9 cm³/mol. The number of halogens is 2. The van der Waals surface area contributed by atoms with Crippen LogP contribution in [0.25, 0.3) is 16.5 Å². The standard InChI is InChI=1S/C9H7.C8H9NO.C2H6Si.2ClH.Zr/c1-2-5-9-7-3-6-8(9)4-1;1-6-3-2-4-7(5-6)8(9)10;1-3-2;;;/h1-7H;2-5H,1H3,(H2,9,10);1-2H3;2*1H;/q-1;;;;;+4/p-3. The molecule has 3 aromatic rings. The Hall–Kier alpha value is -0.800. The molecule has 0 aliphatic heterocycles. The van der Waals surface area contributed by atoms with Crippen LogP contribution < -0.4 is 24.8 Å². The van der Waals surface area contributed by atoms with Crippen molar-refractivity contribution in [2.75, 3.05) is 0 Å². The zero-order chi connectivity index (χ0) is 16.4. The van der Waals surface area contributed by atoms with E-state index in [1.165, 1.54) is 10.8 Å². The maximum absolute atomic E-state index is 10.5. The van der Waals surface area contributed by atoms with Gasteiger partial charge in [0.25, 0.3) is 0 Å². The zero-order valence-electron chi connectivity index (χ0n) is 14.5. The van der Waals surface area contributed by atoms with Gasteiger partial charge < -0.3 is 35.3 Å². The van der Waals surface area contributed by atoms with E-state index in [2.05, 4.69) is 55.6 Å². The Labute approximate surface area is 184 Å². The molecule has 2 nitrogen and oxygen atoms in total. The molecule has 130 valence electrons. The van der Waals surface area contributed by atoms with Crippen molar-refractivity contribution in [1.29, 1.82) is 0 Å². The first-order valence-electron chi connectivity index (χ1n) is 7.10. The van der Waals surface area contributed by atoms with Gasteiger partial charge in [0, 0.05) is 9.52 Å². The Bertz CT molecular complexity index is 689. The van der Waals surface area contributed by atoms with Crippen molar-refractivity contribution in [3.05, 3.63) is 83.6 Å². The fourth-order valence-corrected chi connectivity index (χ4v) is 1.86. The summed E-state index contributed by atoms with van der Waals surface area (Å²) < 4.78 is 0. The van der Waals surface area contributed by atoms with E-state index in [4.69, 9.17) is 5.73 Å². The van der Waals surface area contributed by atoms with Crippen LogP contribution in [-0.2, 0) is 26.2 Å². The van der Waals surface area contributed by atoms with E-state index < -0.39 is 5.91 Å². The Balaban J connectivity index is -0.000000304. The van der Waals surface area contributed by atoms with Crippen molar-refractivity contribution < 1.29 is 55.8 Å². The van der Waals surface area contributed by atoms with Crippen LogP contribution in [0.2, 0.25) is 13.1 Å². The number of amides is 1. The van der Waals surface area contributed by atoms with Gasteiger partial charge in [0.05, 0.1) is 5.91 Å². The Morgan fingerprint density at radius 3 is 2.08 bits per heavy atom. The van der Waals surface area contributed by atoms with Crippen LogP contribution in [0.4, 0.5) is 0 Å². The molecule has 25 heavy (non-hydrogen) atoms. The summed E-state index contributed by atoms with van der Waals surface area (Å²) in [5.74, 6) is -0.622. The number of nitrogens with one attached hydrogen (secondary N) is 1. The quantitative estimate of drug-likeness (QED) is 0.351. The molecule has 0 fully saturated rings. The van der Waals surface area contributed by atoms with Gasteiger partial charge in [0.2, 0.25) is 0 Å². The van der Waals surface area contributed by atoms with Crippen molar-refractivity contribution in [1.82, 2.24) is 0 Å². The van der Waals surface area contributed by atoms with E-state index in [1.54, 1.807) is 18.2 Å². The number of hydrogen-bond acceptors (Lipinski definition) is 1. The summed E-state index contributed by atoms with van der Waals surface area (Å²) >= 11 is 0. The summed E-state index contributed by atoms with van der Waals surface area (Å²) in [6.07, 6.45) is 0. The van der Waals surface area contributed by atoms with E-state index in [9.17, 15) is 4.79 Å². The van der Waals surface area contributed by atoms with Crippen LogP contribution in [0, 0.1) is 6.92 Å². The topological polar surface area (TPSA) is 40.9 Å². The fraction of sp³-hybridized carbons (Fsp3) is 0.158. The molecule has 0 saturated heterocycles. The van der Waals surface area contributed by atoms with Gasteiger partial charge in [0.15, 0.2) is 0 Å². The second-order valence-electron chi connectivity index (χ2n) is 4.85. The average molecular weight is 470 g/mol. The van der Waals surface area contributed by atoms with E-state index in [-0.39, 0.29) is 51.0 Å². The van der Waals surface area contributed by atoms with Crippen LogP contribution in [-0.4, -0.2) is 15.4 Å². The summed E-state index contributed by atoms with van der Waals surface area (Å²) in [4.78, 5) is 10.5. The first kappa shape index (κ1) is 29.0. The second-order valence-corrected chi connectivity index (χ2v) is 5.85. The van der Waals surface area contributed by atoms with Gasteiger partial charge in [-0.15, -0.1) is 29.7 Å². The van der Waals surface area contributed by atoms with Crippen molar-refractivity contribution >= 4 is 26.2 Å². The third-order valence-electron chi connectivity index (χ3n) is 2.83. The van der Waals surface area contributed by atoms with E-state index in [0.29, 0.717) is 5.56 Å². The van der Waals surface area contributed by atoms with E-state index >= 15 is 0 Å². The largest absolute Gasteiger partial charge is 4.00 e. The van der Waals surface area contributed by atoms with Crippen LogP contribution >= 0.6 is 0 Å². The fourth-order valence-electron chi connectivity index (χ4n) is 1.86. The monoisotopic (exact) mass is 467 g/mol. The molecule has 1 N–H and O–H groups in total.